The number of hydrogen-bond acceptors (Lipinski definition) is 26. The van der Waals surface area contributed by atoms with Crippen molar-refractivity contribution in [3.8, 4) is 0 Å². The van der Waals surface area contributed by atoms with Crippen LogP contribution >= 0.6 is 0 Å². The number of nitrogens with zero attached hydrogens (tertiary/aromatic N) is 5. The van der Waals surface area contributed by atoms with Gasteiger partial charge in [-0.2, -0.15) is 5.21 Å². The summed E-state index contributed by atoms with van der Waals surface area (Å²) < 4.78 is 21.4. The zero-order chi connectivity index (χ0) is 80.6. The van der Waals surface area contributed by atoms with Crippen LogP contribution in [0.15, 0.2) is 12.5 Å². The van der Waals surface area contributed by atoms with E-state index < -0.39 is 172 Å². The van der Waals surface area contributed by atoms with Crippen LogP contribution in [0.5, 0.6) is 0 Å². The summed E-state index contributed by atoms with van der Waals surface area (Å²) in [5.74, 6) is -11.0. The maximum atomic E-state index is 14.0. The summed E-state index contributed by atoms with van der Waals surface area (Å²) in [6.07, 6.45) is 18.9. The van der Waals surface area contributed by atoms with E-state index in [0.717, 1.165) is 44.3 Å². The number of Topliss-reactive ketones (excluding diaryl/α,β-unsaturated/α-hetero) is 1. The number of carbonyl (C=O) groups is 14. The van der Waals surface area contributed by atoms with Gasteiger partial charge in [-0.05, 0) is 53.1 Å². The minimum absolute atomic E-state index is 0.0100. The Balaban J connectivity index is 1.74. The van der Waals surface area contributed by atoms with Crippen LogP contribution in [0.4, 0.5) is 0 Å². The van der Waals surface area contributed by atoms with Gasteiger partial charge >= 0.3 is 0 Å². The van der Waals surface area contributed by atoms with Gasteiger partial charge in [-0.1, -0.05) is 95.6 Å². The smallest absolute Gasteiger partial charge is 0.246 e. The number of aliphatic hydroxyl groups excluding tert-OH is 3. The Morgan fingerprint density at radius 1 is 0.477 bits per heavy atom. The minimum Gasteiger partial charge on any atom is -0.394 e. The Hall–Kier alpha value is -9.26. The molecule has 109 heavy (non-hydrogen) atoms. The molecule has 0 bridgehead atoms. The number of aromatic amines is 2. The molecule has 2 rings (SSSR count). The lowest BCUT2D eigenvalue weighted by molar-refractivity contribution is -0.137. The highest BCUT2D eigenvalue weighted by atomic mass is 16.5. The van der Waals surface area contributed by atoms with Crippen LogP contribution in [0.3, 0.4) is 0 Å². The number of nitrogens with two attached hydrogens (primary N) is 2. The number of aromatic nitrogens is 6. The zero-order valence-corrected chi connectivity index (χ0v) is 63.2. The van der Waals surface area contributed by atoms with Crippen LogP contribution < -0.4 is 70.0 Å². The van der Waals surface area contributed by atoms with Gasteiger partial charge in [0.15, 0.2) is 11.6 Å². The molecule has 0 aromatic carbocycles. The molecule has 8 atom stereocenters. The molecule has 0 aliphatic rings. The highest BCUT2D eigenvalue weighted by Crippen LogP contribution is 2.14. The van der Waals surface area contributed by atoms with Crippen LogP contribution in [-0.4, -0.2) is 295 Å². The molecule has 41 heteroatoms. The average Bonchev–Trinajstić information content (AvgIpc) is 1.36. The van der Waals surface area contributed by atoms with E-state index in [1.165, 1.54) is 82.1 Å². The summed E-state index contributed by atoms with van der Waals surface area (Å²) in [5, 5.41) is 71.0. The summed E-state index contributed by atoms with van der Waals surface area (Å²) in [5.41, 5.74) is 11.0. The monoisotopic (exact) mass is 1550 g/mol. The van der Waals surface area contributed by atoms with E-state index in [0.29, 0.717) is 38.1 Å². The molecule has 0 fully saturated rings. The topological polar surface area (TPSA) is 607 Å². The number of aliphatic hydroxyl groups is 3. The van der Waals surface area contributed by atoms with E-state index in [4.69, 9.17) is 30.4 Å². The normalized spacial score (nSPS) is 13.4. The van der Waals surface area contributed by atoms with Crippen LogP contribution in [0.25, 0.3) is 0 Å². The van der Waals surface area contributed by atoms with Crippen LogP contribution in [-0.2, 0) is 98.9 Å². The first kappa shape index (κ1) is 95.8. The molecule has 0 spiro atoms. The largest absolute Gasteiger partial charge is 0.394 e. The molecule has 0 saturated heterocycles. The number of nitrogens with one attached hydrogen (secondary N) is 13. The Morgan fingerprint density at radius 2 is 0.927 bits per heavy atom. The molecular formula is C68H118N20O21. The summed E-state index contributed by atoms with van der Waals surface area (Å²) in [7, 11) is 3.15. The van der Waals surface area contributed by atoms with Crippen LogP contribution in [0.2, 0.25) is 0 Å². The molecular weight excluding hydrogens is 1430 g/mol. The van der Waals surface area contributed by atoms with Gasteiger partial charge in [0.25, 0.3) is 0 Å². The number of likely N-dealkylation sites (N-methyl/N-ethyl adjacent to an activating group) is 1. The van der Waals surface area contributed by atoms with Crippen molar-refractivity contribution in [3.05, 3.63) is 24.0 Å². The minimum atomic E-state index is -1.96. The first-order valence-electron chi connectivity index (χ1n) is 37.1. The number of imidazole rings is 1. The zero-order valence-electron chi connectivity index (χ0n) is 63.2. The molecule has 13 amide bonds. The van der Waals surface area contributed by atoms with Crippen molar-refractivity contribution in [1.29, 1.82) is 0 Å². The van der Waals surface area contributed by atoms with Gasteiger partial charge in [-0.15, -0.1) is 10.2 Å². The van der Waals surface area contributed by atoms with Crippen molar-refractivity contribution < 1.29 is 101 Å². The Morgan fingerprint density at radius 3 is 1.39 bits per heavy atom. The van der Waals surface area contributed by atoms with Crippen molar-refractivity contribution in [1.82, 2.24) is 94.0 Å². The predicted octanol–water partition coefficient (Wildman–Crippen LogP) is -5.69. The third-order valence-corrected chi connectivity index (χ3v) is 16.7. The Labute approximate surface area is 634 Å². The molecule has 0 aliphatic heterocycles. The number of ketones is 1. The number of amides is 13. The second-order valence-electron chi connectivity index (χ2n) is 26.0. The molecule has 0 saturated carbocycles. The highest BCUT2D eigenvalue weighted by molar-refractivity contribution is 5.98. The number of ether oxygens (including phenoxy) is 4. The third-order valence-electron chi connectivity index (χ3n) is 16.7. The number of rotatable bonds is 66. The van der Waals surface area contributed by atoms with E-state index >= 15 is 0 Å². The quantitative estimate of drug-likeness (QED) is 0.0275. The number of carbonyl (C=O) groups excluding carboxylic acids is 14. The van der Waals surface area contributed by atoms with E-state index in [-0.39, 0.29) is 76.7 Å². The molecule has 2 heterocycles. The molecule has 2 aromatic rings. The van der Waals surface area contributed by atoms with Gasteiger partial charge in [-0.25, -0.2) is 4.98 Å². The predicted molar refractivity (Wildman–Crippen MR) is 389 cm³/mol. The van der Waals surface area contributed by atoms with Crippen LogP contribution in [0.1, 0.15) is 160 Å². The fourth-order valence-electron chi connectivity index (χ4n) is 10.5. The number of hydrogen-bond donors (Lipinski definition) is 18. The summed E-state index contributed by atoms with van der Waals surface area (Å²) in [4.78, 5) is 189. The number of unbranched alkanes of at least 4 members (excludes halogenated alkanes) is 13. The highest BCUT2D eigenvalue weighted by Gasteiger charge is 2.35. The fraction of sp³-hybridized carbons (Fsp3) is 0.735. The van der Waals surface area contributed by atoms with Crippen molar-refractivity contribution >= 4 is 82.6 Å². The molecule has 41 nitrogen and oxygen atoms in total. The molecule has 0 radical (unpaired) electrons. The molecule has 20 N–H and O–H groups in total. The summed E-state index contributed by atoms with van der Waals surface area (Å²) >= 11 is 0. The van der Waals surface area contributed by atoms with E-state index in [9.17, 15) is 82.4 Å². The van der Waals surface area contributed by atoms with E-state index in [1.807, 2.05) is 6.92 Å². The van der Waals surface area contributed by atoms with Crippen molar-refractivity contribution in [2.75, 3.05) is 113 Å². The second-order valence-corrected chi connectivity index (χ2v) is 26.0. The first-order chi connectivity index (χ1) is 52.3. The molecule has 0 aliphatic carbocycles. The van der Waals surface area contributed by atoms with Gasteiger partial charge < -0.3 is 109 Å². The van der Waals surface area contributed by atoms with Gasteiger partial charge in [0.1, 0.15) is 55.5 Å². The van der Waals surface area contributed by atoms with Crippen molar-refractivity contribution in [2.45, 2.75) is 210 Å². The first-order valence-corrected chi connectivity index (χ1v) is 37.1. The Bertz CT molecular complexity index is 3030. The number of primary amides is 2. The van der Waals surface area contributed by atoms with Gasteiger partial charge in [0.05, 0.1) is 78.4 Å². The maximum Gasteiger partial charge on any atom is 0.246 e. The lowest BCUT2D eigenvalue weighted by Gasteiger charge is -2.28. The second kappa shape index (κ2) is 58.7. The van der Waals surface area contributed by atoms with Crippen LogP contribution in [0, 0.1) is 0 Å². The number of aryl methyl sites for hydroxylation is 1. The van der Waals surface area contributed by atoms with E-state index in [1.54, 1.807) is 14.1 Å². The fourth-order valence-corrected chi connectivity index (χ4v) is 10.5. The third kappa shape index (κ3) is 45.4. The molecule has 2 aromatic heterocycles. The summed E-state index contributed by atoms with van der Waals surface area (Å²) in [6.45, 7) is -0.614. The van der Waals surface area contributed by atoms with Gasteiger partial charge in [0, 0.05) is 63.6 Å². The standard InChI is InChI=1S/C68H118N20O21/c1-5-6-20-47(45(2)92)78-68(105)54(88(3)4)37-75-62(99)50(35-46-36-71-44-76-46)81-63(100)48(23-25-55(69)93)80-66(103)52(40-90)83-67(104)53(41-91)82-64(101)49(24-26-56(70)94)79-65(102)51(39-89)77-59(96)38-74-61(98)43-109-34-32-107-30-28-73-60(97)42-108-33-31-106-29-27-72-58(95)22-19-17-15-13-11-9-7-8-10-12-14-16-18-21-57-84-86-87-85-57/h36,44,47-54,89-91H,5-35,37-43H2,1-4H3,(H2,69,93)(H2,70,94)(H,71,76)(H,72,95)(H,73,97)(H,74,98)(H,75,99)(H,77,96)(H,78,105)(H,79,102)(H,80,103)(H,81,100)(H,82,101)(H,83,104)(H,84,85,86,87)/t47-,48-,49-,50-,51+,52-,53-,54-/m0/s1. The van der Waals surface area contributed by atoms with Gasteiger partial charge in [-0.3, -0.25) is 72.0 Å². The van der Waals surface area contributed by atoms with Crippen molar-refractivity contribution in [2.24, 2.45) is 11.5 Å². The SMILES string of the molecule is CCCC[C@H](NC(=O)[C@H](CNC(=O)[C@H](Cc1cnc[nH]1)NC(=O)[C@H](CCC(N)=O)NC(=O)[C@H](CO)NC(=O)[C@H](CO)NC(=O)[C@H](CCC(N)=O)NC(=O)[C@@H](CO)NC(=O)CNC(=O)COCCOCCNC(=O)COCCOCCNC(=O)CCCCCCCCCCCCCCCc1nn[nH]n1)N(C)C)C(C)=O. The molecule has 616 valence electrons. The lowest BCUT2D eigenvalue weighted by Crippen LogP contribution is -2.61. The lowest BCUT2D eigenvalue weighted by atomic mass is 10.0. The number of H-pyrrole nitrogens is 2. The van der Waals surface area contributed by atoms with E-state index in [2.05, 4.69) is 89.1 Å². The number of tetrazole rings is 1. The van der Waals surface area contributed by atoms with Crippen molar-refractivity contribution in [3.63, 3.8) is 0 Å². The summed E-state index contributed by atoms with van der Waals surface area (Å²) in [6, 6.07) is -12.3. The average molecular weight is 1550 g/mol. The van der Waals surface area contributed by atoms with Gasteiger partial charge in [0.2, 0.25) is 76.8 Å². The maximum absolute atomic E-state index is 14.0. The Kier molecular flexibility index (Phi) is 51.6. The molecule has 0 unspecified atom stereocenters.